The maximum Gasteiger partial charge on any atom is 0.248 e. The molecule has 3 aromatic rings. The fourth-order valence-corrected chi connectivity index (χ4v) is 3.95. The van der Waals surface area contributed by atoms with Crippen LogP contribution in [0.25, 0.3) is 11.4 Å². The van der Waals surface area contributed by atoms with Gasteiger partial charge in [0, 0.05) is 30.0 Å². The first-order valence-corrected chi connectivity index (χ1v) is 10.2. The fourth-order valence-electron chi connectivity index (χ4n) is 3.95. The van der Waals surface area contributed by atoms with Gasteiger partial charge in [0.1, 0.15) is 6.04 Å². The van der Waals surface area contributed by atoms with Crippen LogP contribution in [0.2, 0.25) is 0 Å². The Bertz CT molecular complexity index is 1080. The highest BCUT2D eigenvalue weighted by atomic mass is 16.1. The Kier molecular flexibility index (Phi) is 5.27. The average Bonchev–Trinajstić information content (AvgIpc) is 3.18. The van der Waals surface area contributed by atoms with E-state index in [9.17, 15) is 4.79 Å². The number of benzene rings is 2. The molecule has 0 radical (unpaired) electrons. The van der Waals surface area contributed by atoms with Crippen molar-refractivity contribution in [2.75, 3.05) is 23.3 Å². The standard InChI is InChI=1S/C23H26N6O/c1-4-28(5-2)18-13-11-17(12-14-18)22-26-23-25-15(3)19(21(24)30)20(29(23)27-22)16-9-7-6-8-10-16/h6-14,20H,4-5H2,1-3H3,(H2,24,30)(H,25,26,27). The van der Waals surface area contributed by atoms with Crippen LogP contribution in [0, 0.1) is 0 Å². The monoisotopic (exact) mass is 402 g/mol. The Morgan fingerprint density at radius 2 is 1.77 bits per heavy atom. The molecule has 0 saturated carbocycles. The van der Waals surface area contributed by atoms with E-state index in [0.29, 0.717) is 23.0 Å². The summed E-state index contributed by atoms with van der Waals surface area (Å²) in [5, 5.41) is 7.94. The van der Waals surface area contributed by atoms with Crippen LogP contribution in [-0.2, 0) is 4.79 Å². The molecule has 2 aromatic carbocycles. The van der Waals surface area contributed by atoms with Crippen molar-refractivity contribution in [1.82, 2.24) is 14.8 Å². The van der Waals surface area contributed by atoms with E-state index in [1.807, 2.05) is 49.4 Å². The minimum absolute atomic E-state index is 0.420. The van der Waals surface area contributed by atoms with Crippen LogP contribution in [0.3, 0.4) is 0 Å². The second kappa shape index (κ2) is 8.02. The van der Waals surface area contributed by atoms with Crippen LogP contribution in [0.1, 0.15) is 32.4 Å². The third-order valence-corrected chi connectivity index (χ3v) is 5.49. The van der Waals surface area contributed by atoms with Crippen molar-refractivity contribution in [1.29, 1.82) is 0 Å². The minimum atomic E-state index is -0.472. The number of fused-ring (bicyclic) bond motifs is 1. The third-order valence-electron chi connectivity index (χ3n) is 5.49. The van der Waals surface area contributed by atoms with E-state index >= 15 is 0 Å². The average molecular weight is 403 g/mol. The summed E-state index contributed by atoms with van der Waals surface area (Å²) in [6.45, 7) is 8.03. The molecular formula is C23H26N6O. The summed E-state index contributed by atoms with van der Waals surface area (Å²) in [4.78, 5) is 19.2. The lowest BCUT2D eigenvalue weighted by atomic mass is 9.95. The number of primary amides is 1. The number of nitrogens with two attached hydrogens (primary N) is 1. The van der Waals surface area contributed by atoms with Crippen molar-refractivity contribution in [3.63, 3.8) is 0 Å². The van der Waals surface area contributed by atoms with Crippen molar-refractivity contribution in [3.05, 3.63) is 71.4 Å². The van der Waals surface area contributed by atoms with Gasteiger partial charge in [-0.15, -0.1) is 5.10 Å². The van der Waals surface area contributed by atoms with Gasteiger partial charge in [-0.25, -0.2) is 4.68 Å². The lowest BCUT2D eigenvalue weighted by Gasteiger charge is -2.27. The number of carbonyl (C=O) groups is 1. The summed E-state index contributed by atoms with van der Waals surface area (Å²) in [5.74, 6) is 0.720. The van der Waals surface area contributed by atoms with E-state index in [0.717, 1.165) is 24.2 Å². The number of hydrogen-bond acceptors (Lipinski definition) is 5. The molecule has 0 spiro atoms. The fraction of sp³-hybridized carbons (Fsp3) is 0.261. The van der Waals surface area contributed by atoms with Gasteiger partial charge < -0.3 is 16.0 Å². The van der Waals surface area contributed by atoms with Gasteiger partial charge in [-0.3, -0.25) is 4.79 Å². The number of hydrogen-bond donors (Lipinski definition) is 2. The highest BCUT2D eigenvalue weighted by molar-refractivity contribution is 5.95. The molecule has 7 nitrogen and oxygen atoms in total. The van der Waals surface area contributed by atoms with Gasteiger partial charge in [-0.05, 0) is 50.6 Å². The van der Waals surface area contributed by atoms with Crippen LogP contribution in [0.5, 0.6) is 0 Å². The molecule has 3 N–H and O–H groups in total. The molecule has 1 aromatic heterocycles. The first kappa shape index (κ1) is 19.7. The Morgan fingerprint density at radius 1 is 1.10 bits per heavy atom. The van der Waals surface area contributed by atoms with Crippen molar-refractivity contribution in [2.24, 2.45) is 5.73 Å². The lowest BCUT2D eigenvalue weighted by Crippen LogP contribution is -2.31. The number of amides is 1. The largest absolute Gasteiger partial charge is 0.372 e. The summed E-state index contributed by atoms with van der Waals surface area (Å²) < 4.78 is 1.75. The molecule has 0 aliphatic carbocycles. The summed E-state index contributed by atoms with van der Waals surface area (Å²) >= 11 is 0. The highest BCUT2D eigenvalue weighted by Crippen LogP contribution is 2.36. The first-order chi connectivity index (χ1) is 14.5. The molecule has 1 unspecified atom stereocenters. The molecule has 1 atom stereocenters. The van der Waals surface area contributed by atoms with Crippen LogP contribution >= 0.6 is 0 Å². The van der Waals surface area contributed by atoms with E-state index in [1.54, 1.807) is 4.68 Å². The number of allylic oxidation sites excluding steroid dienone is 1. The molecule has 30 heavy (non-hydrogen) atoms. The molecule has 154 valence electrons. The Labute approximate surface area is 176 Å². The van der Waals surface area contributed by atoms with Crippen molar-refractivity contribution in [3.8, 4) is 11.4 Å². The summed E-state index contributed by atoms with van der Waals surface area (Å²) in [6, 6.07) is 17.6. The molecular weight excluding hydrogens is 376 g/mol. The van der Waals surface area contributed by atoms with Crippen molar-refractivity contribution < 1.29 is 4.79 Å². The predicted octanol–water partition coefficient (Wildman–Crippen LogP) is 3.57. The molecule has 0 fully saturated rings. The SMILES string of the molecule is CCN(CC)c1ccc(-c2nc3n(n2)C(c2ccccc2)C(C(N)=O)=C(C)N3)cc1. The molecule has 1 aliphatic heterocycles. The summed E-state index contributed by atoms with van der Waals surface area (Å²) in [5.41, 5.74) is 9.93. The number of anilines is 2. The number of carbonyl (C=O) groups excluding carboxylic acids is 1. The van der Waals surface area contributed by atoms with Gasteiger partial charge in [-0.2, -0.15) is 4.98 Å². The third kappa shape index (κ3) is 3.43. The Hall–Kier alpha value is -3.61. The number of aromatic nitrogens is 3. The van der Waals surface area contributed by atoms with Gasteiger partial charge in [0.25, 0.3) is 0 Å². The maximum atomic E-state index is 12.3. The number of rotatable bonds is 6. The maximum absolute atomic E-state index is 12.3. The highest BCUT2D eigenvalue weighted by Gasteiger charge is 2.33. The second-order valence-electron chi connectivity index (χ2n) is 7.26. The zero-order chi connectivity index (χ0) is 21.3. The summed E-state index contributed by atoms with van der Waals surface area (Å²) in [6.07, 6.45) is 0. The van der Waals surface area contributed by atoms with Gasteiger partial charge in [0.2, 0.25) is 11.9 Å². The minimum Gasteiger partial charge on any atom is -0.372 e. The molecule has 7 heteroatoms. The van der Waals surface area contributed by atoms with Crippen molar-refractivity contribution >= 4 is 17.5 Å². The van der Waals surface area contributed by atoms with Crippen LogP contribution in [-0.4, -0.2) is 33.8 Å². The molecule has 1 aliphatic rings. The quantitative estimate of drug-likeness (QED) is 0.658. The van der Waals surface area contributed by atoms with E-state index in [4.69, 9.17) is 15.8 Å². The Morgan fingerprint density at radius 3 is 2.37 bits per heavy atom. The van der Waals surface area contributed by atoms with Crippen LogP contribution in [0.15, 0.2) is 65.9 Å². The number of nitrogens with one attached hydrogen (secondary N) is 1. The number of nitrogens with zero attached hydrogens (tertiary/aromatic N) is 4. The predicted molar refractivity (Wildman–Crippen MR) is 119 cm³/mol. The van der Waals surface area contributed by atoms with Gasteiger partial charge in [-0.1, -0.05) is 30.3 Å². The van der Waals surface area contributed by atoms with E-state index in [-0.39, 0.29) is 0 Å². The Balaban J connectivity index is 1.76. The van der Waals surface area contributed by atoms with Gasteiger partial charge >= 0.3 is 0 Å². The normalized spacial score (nSPS) is 15.5. The molecule has 0 saturated heterocycles. The zero-order valence-electron chi connectivity index (χ0n) is 17.5. The van der Waals surface area contributed by atoms with Gasteiger partial charge in [0.15, 0.2) is 5.82 Å². The molecule has 0 bridgehead atoms. The molecule has 4 rings (SSSR count). The van der Waals surface area contributed by atoms with Crippen LogP contribution < -0.4 is 16.0 Å². The topological polar surface area (TPSA) is 89.1 Å². The van der Waals surface area contributed by atoms with E-state index in [2.05, 4.69) is 36.2 Å². The zero-order valence-corrected chi connectivity index (χ0v) is 17.5. The van der Waals surface area contributed by atoms with Crippen LogP contribution in [0.4, 0.5) is 11.6 Å². The first-order valence-electron chi connectivity index (χ1n) is 10.2. The second-order valence-corrected chi connectivity index (χ2v) is 7.26. The van der Waals surface area contributed by atoms with E-state index < -0.39 is 11.9 Å². The smallest absolute Gasteiger partial charge is 0.248 e. The van der Waals surface area contributed by atoms with Crippen molar-refractivity contribution in [2.45, 2.75) is 26.8 Å². The van der Waals surface area contributed by atoms with E-state index in [1.165, 1.54) is 5.69 Å². The lowest BCUT2D eigenvalue weighted by molar-refractivity contribution is -0.115. The molecule has 1 amide bonds. The van der Waals surface area contributed by atoms with Gasteiger partial charge in [0.05, 0.1) is 5.57 Å². The summed E-state index contributed by atoms with van der Waals surface area (Å²) in [7, 11) is 0. The molecule has 2 heterocycles.